The van der Waals surface area contributed by atoms with Crippen LogP contribution in [0.15, 0.2) is 30.5 Å². The second-order valence-electron chi connectivity index (χ2n) is 6.27. The molecule has 1 atom stereocenters. The Morgan fingerprint density at radius 3 is 2.78 bits per heavy atom. The van der Waals surface area contributed by atoms with Gasteiger partial charge in [0.15, 0.2) is 0 Å². The maximum atomic E-state index is 12.6. The van der Waals surface area contributed by atoms with Crippen LogP contribution < -0.4 is 5.32 Å². The summed E-state index contributed by atoms with van der Waals surface area (Å²) < 4.78 is 1.81. The smallest absolute Gasteiger partial charge is 0.254 e. The maximum Gasteiger partial charge on any atom is 0.254 e. The first kappa shape index (κ1) is 15.7. The molecule has 0 saturated heterocycles. The number of benzene rings is 1. The second-order valence-corrected chi connectivity index (χ2v) is 6.27. The minimum Gasteiger partial charge on any atom is -0.396 e. The lowest BCUT2D eigenvalue weighted by Crippen LogP contribution is -2.37. The van der Waals surface area contributed by atoms with Gasteiger partial charge in [0.05, 0.1) is 23.1 Å². The van der Waals surface area contributed by atoms with E-state index in [1.807, 2.05) is 42.8 Å². The Labute approximate surface area is 136 Å². The third-order valence-electron chi connectivity index (χ3n) is 4.55. The summed E-state index contributed by atoms with van der Waals surface area (Å²) in [6, 6.07) is 8.04. The number of carbonyl (C=O) groups is 1. The number of hydrogen-bond donors (Lipinski definition) is 2. The van der Waals surface area contributed by atoms with E-state index in [-0.39, 0.29) is 18.6 Å². The van der Waals surface area contributed by atoms with Gasteiger partial charge in [-0.1, -0.05) is 18.2 Å². The number of aryl methyl sites for hydroxylation is 1. The van der Waals surface area contributed by atoms with Crippen molar-refractivity contribution in [2.75, 3.05) is 6.61 Å². The number of aromatic nitrogens is 2. The predicted molar refractivity (Wildman–Crippen MR) is 88.7 cm³/mol. The van der Waals surface area contributed by atoms with E-state index in [4.69, 9.17) is 5.11 Å². The fraction of sp³-hybridized carbons (Fsp3) is 0.444. The lowest BCUT2D eigenvalue weighted by atomic mass is 10.1. The number of nitrogens with zero attached hydrogens (tertiary/aromatic N) is 2. The summed E-state index contributed by atoms with van der Waals surface area (Å²) in [4.78, 5) is 12.6. The van der Waals surface area contributed by atoms with Gasteiger partial charge in [-0.3, -0.25) is 4.79 Å². The fourth-order valence-corrected chi connectivity index (χ4v) is 2.99. The zero-order chi connectivity index (χ0) is 16.4. The fourth-order valence-electron chi connectivity index (χ4n) is 2.99. The van der Waals surface area contributed by atoms with Gasteiger partial charge in [-0.05, 0) is 50.7 Å². The van der Waals surface area contributed by atoms with Gasteiger partial charge in [-0.2, -0.15) is 5.10 Å². The third kappa shape index (κ3) is 3.29. The van der Waals surface area contributed by atoms with E-state index in [1.54, 1.807) is 6.20 Å². The molecule has 1 heterocycles. The molecule has 1 aliphatic rings. The van der Waals surface area contributed by atoms with Crippen LogP contribution >= 0.6 is 0 Å². The van der Waals surface area contributed by atoms with Crippen molar-refractivity contribution < 1.29 is 9.90 Å². The summed E-state index contributed by atoms with van der Waals surface area (Å²) in [5.74, 6) is 0.408. The Hall–Kier alpha value is -2.14. The molecule has 0 aliphatic heterocycles. The van der Waals surface area contributed by atoms with Crippen LogP contribution in [0.1, 0.15) is 40.9 Å². The van der Waals surface area contributed by atoms with E-state index in [0.29, 0.717) is 17.9 Å². The van der Waals surface area contributed by atoms with Crippen LogP contribution in [-0.4, -0.2) is 33.4 Å². The minimum atomic E-state index is -0.104. The molecule has 3 rings (SSSR count). The number of para-hydroxylation sites is 1. The molecule has 5 heteroatoms. The summed E-state index contributed by atoms with van der Waals surface area (Å²) >= 11 is 0. The molecule has 1 aromatic carbocycles. The summed E-state index contributed by atoms with van der Waals surface area (Å²) in [5, 5.41) is 16.6. The molecule has 2 N–H and O–H groups in total. The van der Waals surface area contributed by atoms with Crippen LogP contribution in [-0.2, 0) is 0 Å². The molecule has 1 aromatic heterocycles. The molecule has 1 aliphatic carbocycles. The number of aliphatic hydroxyl groups excluding tert-OH is 1. The van der Waals surface area contributed by atoms with Crippen molar-refractivity contribution in [2.45, 2.75) is 39.2 Å². The van der Waals surface area contributed by atoms with Crippen molar-refractivity contribution in [2.24, 2.45) is 5.92 Å². The highest BCUT2D eigenvalue weighted by molar-refractivity contribution is 5.95. The molecular weight excluding hydrogens is 290 g/mol. The molecule has 1 fully saturated rings. The number of amides is 1. The molecule has 122 valence electrons. The lowest BCUT2D eigenvalue weighted by Gasteiger charge is -2.17. The van der Waals surface area contributed by atoms with Gasteiger partial charge in [0.1, 0.15) is 0 Å². The minimum absolute atomic E-state index is 0.0636. The number of nitrogens with one attached hydrogen (secondary N) is 1. The van der Waals surface area contributed by atoms with Crippen molar-refractivity contribution in [3.63, 3.8) is 0 Å². The molecule has 0 spiro atoms. The van der Waals surface area contributed by atoms with E-state index in [0.717, 1.165) is 29.8 Å². The van der Waals surface area contributed by atoms with Crippen LogP contribution in [0.25, 0.3) is 5.69 Å². The molecule has 5 nitrogen and oxygen atoms in total. The summed E-state index contributed by atoms with van der Waals surface area (Å²) in [6.07, 6.45) is 4.50. The Morgan fingerprint density at radius 2 is 2.13 bits per heavy atom. The zero-order valence-corrected chi connectivity index (χ0v) is 13.6. The van der Waals surface area contributed by atoms with Crippen LogP contribution in [0.4, 0.5) is 0 Å². The average molecular weight is 313 g/mol. The van der Waals surface area contributed by atoms with E-state index in [9.17, 15) is 4.79 Å². The lowest BCUT2D eigenvalue weighted by molar-refractivity contribution is 0.0923. The molecule has 1 saturated carbocycles. The van der Waals surface area contributed by atoms with Crippen LogP contribution in [0.5, 0.6) is 0 Å². The average Bonchev–Trinajstić information content (AvgIpc) is 3.31. The highest BCUT2D eigenvalue weighted by Crippen LogP contribution is 2.34. The van der Waals surface area contributed by atoms with Gasteiger partial charge in [-0.25, -0.2) is 4.68 Å². The largest absolute Gasteiger partial charge is 0.396 e. The van der Waals surface area contributed by atoms with Crippen molar-refractivity contribution in [1.82, 2.24) is 15.1 Å². The highest BCUT2D eigenvalue weighted by atomic mass is 16.3. The Balaban J connectivity index is 1.81. The third-order valence-corrected chi connectivity index (χ3v) is 4.55. The van der Waals surface area contributed by atoms with Gasteiger partial charge >= 0.3 is 0 Å². The van der Waals surface area contributed by atoms with Crippen molar-refractivity contribution >= 4 is 5.91 Å². The Kier molecular flexibility index (Phi) is 4.48. The number of carbonyl (C=O) groups excluding carboxylic acids is 1. The first-order chi connectivity index (χ1) is 11.1. The van der Waals surface area contributed by atoms with E-state index < -0.39 is 0 Å². The van der Waals surface area contributed by atoms with Gasteiger partial charge in [0.2, 0.25) is 0 Å². The van der Waals surface area contributed by atoms with Crippen LogP contribution in [0.2, 0.25) is 0 Å². The van der Waals surface area contributed by atoms with Crippen molar-refractivity contribution in [3.8, 4) is 5.69 Å². The first-order valence-electron chi connectivity index (χ1n) is 8.14. The topological polar surface area (TPSA) is 67.2 Å². The van der Waals surface area contributed by atoms with Crippen LogP contribution in [0, 0.1) is 19.8 Å². The molecular formula is C18H23N3O2. The van der Waals surface area contributed by atoms with Gasteiger partial charge in [0.25, 0.3) is 5.91 Å². The molecule has 0 bridgehead atoms. The van der Waals surface area contributed by atoms with E-state index in [2.05, 4.69) is 10.4 Å². The normalized spacial score (nSPS) is 15.4. The summed E-state index contributed by atoms with van der Waals surface area (Å²) in [6.45, 7) is 4.04. The van der Waals surface area contributed by atoms with Crippen molar-refractivity contribution in [3.05, 3.63) is 47.3 Å². The van der Waals surface area contributed by atoms with E-state index in [1.165, 1.54) is 0 Å². The van der Waals surface area contributed by atoms with E-state index >= 15 is 0 Å². The standard InChI is InChI=1S/C18H23N3O2/c1-12-5-3-4-6-17(12)21-13(2)15(11-19-21)18(23)20-16(9-10-22)14-7-8-14/h3-6,11,14,16,22H,7-10H2,1-2H3,(H,20,23). The quantitative estimate of drug-likeness (QED) is 0.860. The second kappa shape index (κ2) is 6.54. The number of rotatable bonds is 6. The Morgan fingerprint density at radius 1 is 1.39 bits per heavy atom. The molecule has 23 heavy (non-hydrogen) atoms. The number of hydrogen-bond acceptors (Lipinski definition) is 3. The first-order valence-corrected chi connectivity index (χ1v) is 8.14. The van der Waals surface area contributed by atoms with Crippen LogP contribution in [0.3, 0.4) is 0 Å². The zero-order valence-electron chi connectivity index (χ0n) is 13.6. The summed E-state index contributed by atoms with van der Waals surface area (Å²) in [5.41, 5.74) is 3.52. The Bertz CT molecular complexity index is 704. The van der Waals surface area contributed by atoms with Gasteiger partial charge in [0, 0.05) is 12.6 Å². The van der Waals surface area contributed by atoms with Crippen molar-refractivity contribution in [1.29, 1.82) is 0 Å². The highest BCUT2D eigenvalue weighted by Gasteiger charge is 2.32. The molecule has 1 amide bonds. The molecule has 0 radical (unpaired) electrons. The maximum absolute atomic E-state index is 12.6. The number of aliphatic hydroxyl groups is 1. The van der Waals surface area contributed by atoms with Gasteiger partial charge < -0.3 is 10.4 Å². The van der Waals surface area contributed by atoms with Gasteiger partial charge in [-0.15, -0.1) is 0 Å². The molecule has 2 aromatic rings. The predicted octanol–water partition coefficient (Wildman–Crippen LogP) is 2.38. The molecule has 1 unspecified atom stereocenters. The monoisotopic (exact) mass is 313 g/mol. The SMILES string of the molecule is Cc1ccccc1-n1ncc(C(=O)NC(CCO)C2CC2)c1C. The summed E-state index contributed by atoms with van der Waals surface area (Å²) in [7, 11) is 0.